The van der Waals surface area contributed by atoms with Crippen LogP contribution in [0.15, 0.2) is 85.2 Å². The minimum absolute atomic E-state index is 0.0193. The monoisotopic (exact) mass is 475 g/mol. The fraction of sp³-hybridized carbons (Fsp3) is 0.185. The first kappa shape index (κ1) is 22.6. The van der Waals surface area contributed by atoms with Crippen LogP contribution in [0.5, 0.6) is 17.4 Å². The van der Waals surface area contributed by atoms with Gasteiger partial charge in [0.05, 0.1) is 11.9 Å². The number of rotatable bonds is 6. The third kappa shape index (κ3) is 5.32. The number of nitrogens with zero attached hydrogens (tertiary/aromatic N) is 3. The molecule has 0 radical (unpaired) electrons. The summed E-state index contributed by atoms with van der Waals surface area (Å²) in [6, 6.07) is 18.8. The second kappa shape index (κ2) is 9.97. The van der Waals surface area contributed by atoms with Gasteiger partial charge in [0, 0.05) is 38.2 Å². The Kier molecular flexibility index (Phi) is 6.43. The summed E-state index contributed by atoms with van der Waals surface area (Å²) < 4.78 is 39.5. The van der Waals surface area contributed by atoms with E-state index in [1.54, 1.807) is 35.0 Å². The molecule has 2 aromatic heterocycles. The highest BCUT2D eigenvalue weighted by atomic mass is 19.1. The zero-order valence-electron chi connectivity index (χ0n) is 18.8. The SMILES string of the molecule is O=C(c1cccn1-c1ccc(Oc2ccc(F)cc2)nc1)N1CCC(Oc2ccc(F)cc2)CC1. The van der Waals surface area contributed by atoms with Crippen molar-refractivity contribution in [1.29, 1.82) is 0 Å². The highest BCUT2D eigenvalue weighted by Crippen LogP contribution is 2.24. The average Bonchev–Trinajstić information content (AvgIpc) is 3.37. The fourth-order valence-corrected chi connectivity index (χ4v) is 4.02. The molecule has 4 aromatic rings. The average molecular weight is 475 g/mol. The first-order valence-corrected chi connectivity index (χ1v) is 11.3. The Morgan fingerprint density at radius 1 is 0.857 bits per heavy atom. The van der Waals surface area contributed by atoms with Crippen molar-refractivity contribution in [1.82, 2.24) is 14.5 Å². The number of carbonyl (C=O) groups is 1. The number of hydrogen-bond donors (Lipinski definition) is 0. The predicted molar refractivity (Wildman–Crippen MR) is 126 cm³/mol. The minimum atomic E-state index is -0.338. The van der Waals surface area contributed by atoms with Gasteiger partial charge >= 0.3 is 0 Å². The molecule has 0 saturated carbocycles. The molecule has 178 valence electrons. The van der Waals surface area contributed by atoms with Crippen LogP contribution in [-0.4, -0.2) is 39.6 Å². The van der Waals surface area contributed by atoms with Crippen molar-refractivity contribution in [2.24, 2.45) is 0 Å². The third-order valence-corrected chi connectivity index (χ3v) is 5.85. The number of aromatic nitrogens is 2. The number of hydrogen-bond acceptors (Lipinski definition) is 4. The van der Waals surface area contributed by atoms with Crippen molar-refractivity contribution in [3.63, 3.8) is 0 Å². The van der Waals surface area contributed by atoms with Crippen LogP contribution in [0.3, 0.4) is 0 Å². The van der Waals surface area contributed by atoms with Gasteiger partial charge in [-0.25, -0.2) is 13.8 Å². The molecule has 0 N–H and O–H groups in total. The predicted octanol–water partition coefficient (Wildman–Crippen LogP) is 5.63. The van der Waals surface area contributed by atoms with Gasteiger partial charge < -0.3 is 18.9 Å². The Morgan fingerprint density at radius 2 is 1.51 bits per heavy atom. The van der Waals surface area contributed by atoms with E-state index in [1.807, 2.05) is 23.2 Å². The van der Waals surface area contributed by atoms with Crippen LogP contribution in [0.2, 0.25) is 0 Å². The molecule has 0 bridgehead atoms. The first-order chi connectivity index (χ1) is 17.0. The summed E-state index contributed by atoms with van der Waals surface area (Å²) in [6.45, 7) is 1.14. The highest BCUT2D eigenvalue weighted by Gasteiger charge is 2.26. The number of likely N-dealkylation sites (tertiary alicyclic amines) is 1. The molecular formula is C27H23F2N3O3. The van der Waals surface area contributed by atoms with E-state index in [0.717, 1.165) is 5.69 Å². The lowest BCUT2D eigenvalue weighted by Gasteiger charge is -2.32. The van der Waals surface area contributed by atoms with E-state index in [0.29, 0.717) is 49.0 Å². The lowest BCUT2D eigenvalue weighted by molar-refractivity contribution is 0.0588. The van der Waals surface area contributed by atoms with E-state index in [9.17, 15) is 13.6 Å². The van der Waals surface area contributed by atoms with Crippen molar-refractivity contribution in [2.45, 2.75) is 18.9 Å². The summed E-state index contributed by atoms with van der Waals surface area (Å²) in [6.07, 6.45) is 4.81. The standard InChI is InChI=1S/C27H23F2N3O3/c28-19-3-8-22(9-4-19)34-24-13-16-31(17-14-24)27(33)25-2-1-15-32(25)21-7-12-26(30-18-21)35-23-10-5-20(29)6-11-23/h1-12,15,18,24H,13-14,16-17H2. The molecule has 0 unspecified atom stereocenters. The van der Waals surface area contributed by atoms with Gasteiger partial charge in [0.15, 0.2) is 0 Å². The van der Waals surface area contributed by atoms with Crippen molar-refractivity contribution in [2.75, 3.05) is 13.1 Å². The maximum atomic E-state index is 13.2. The molecule has 0 aliphatic carbocycles. The van der Waals surface area contributed by atoms with Crippen molar-refractivity contribution in [3.8, 4) is 23.1 Å². The zero-order chi connectivity index (χ0) is 24.2. The molecule has 1 aliphatic heterocycles. The summed E-state index contributed by atoms with van der Waals surface area (Å²) >= 11 is 0. The molecule has 1 amide bonds. The molecule has 2 aromatic carbocycles. The third-order valence-electron chi connectivity index (χ3n) is 5.85. The number of benzene rings is 2. The lowest BCUT2D eigenvalue weighted by Crippen LogP contribution is -2.42. The van der Waals surface area contributed by atoms with Crippen LogP contribution < -0.4 is 9.47 Å². The van der Waals surface area contributed by atoms with Crippen molar-refractivity contribution < 1.29 is 23.0 Å². The normalized spacial score (nSPS) is 14.1. The van der Waals surface area contributed by atoms with Gasteiger partial charge in [0.1, 0.15) is 34.9 Å². The lowest BCUT2D eigenvalue weighted by atomic mass is 10.1. The molecule has 6 nitrogen and oxygen atoms in total. The van der Waals surface area contributed by atoms with E-state index >= 15 is 0 Å². The van der Waals surface area contributed by atoms with Gasteiger partial charge in [-0.3, -0.25) is 4.79 Å². The molecule has 1 saturated heterocycles. The first-order valence-electron chi connectivity index (χ1n) is 11.3. The summed E-state index contributed by atoms with van der Waals surface area (Å²) in [5.74, 6) is 0.770. The largest absolute Gasteiger partial charge is 0.490 e. The fourth-order valence-electron chi connectivity index (χ4n) is 4.02. The molecule has 8 heteroatoms. The van der Waals surface area contributed by atoms with Crippen LogP contribution in [0.1, 0.15) is 23.3 Å². The summed E-state index contributed by atoms with van der Waals surface area (Å²) in [4.78, 5) is 19.4. The van der Waals surface area contributed by atoms with Gasteiger partial charge in [-0.1, -0.05) is 0 Å². The number of amides is 1. The summed E-state index contributed by atoms with van der Waals surface area (Å²) in [5.41, 5.74) is 1.26. The van der Waals surface area contributed by atoms with Gasteiger partial charge in [-0.2, -0.15) is 0 Å². The molecule has 1 fully saturated rings. The second-order valence-corrected chi connectivity index (χ2v) is 8.24. The van der Waals surface area contributed by atoms with E-state index in [1.165, 1.54) is 36.4 Å². The molecule has 5 rings (SSSR count). The van der Waals surface area contributed by atoms with Gasteiger partial charge in [0.25, 0.3) is 5.91 Å². The molecule has 1 aliphatic rings. The quantitative estimate of drug-likeness (QED) is 0.363. The van der Waals surface area contributed by atoms with Crippen LogP contribution in [-0.2, 0) is 0 Å². The maximum Gasteiger partial charge on any atom is 0.270 e. The number of halogens is 2. The van der Waals surface area contributed by atoms with Crippen molar-refractivity contribution >= 4 is 5.91 Å². The van der Waals surface area contributed by atoms with E-state index in [4.69, 9.17) is 9.47 Å². The topological polar surface area (TPSA) is 56.6 Å². The number of ether oxygens (including phenoxy) is 2. The van der Waals surface area contributed by atoms with E-state index in [-0.39, 0.29) is 23.6 Å². The summed E-state index contributed by atoms with van der Waals surface area (Å²) in [7, 11) is 0. The molecule has 0 spiro atoms. The van der Waals surface area contributed by atoms with Crippen LogP contribution in [0.25, 0.3) is 5.69 Å². The Labute approximate surface area is 201 Å². The highest BCUT2D eigenvalue weighted by molar-refractivity contribution is 5.93. The number of pyridine rings is 1. The van der Waals surface area contributed by atoms with Crippen LogP contribution >= 0.6 is 0 Å². The van der Waals surface area contributed by atoms with Gasteiger partial charge in [0.2, 0.25) is 5.88 Å². The molecule has 35 heavy (non-hydrogen) atoms. The zero-order valence-corrected chi connectivity index (χ0v) is 18.8. The van der Waals surface area contributed by atoms with Crippen molar-refractivity contribution in [3.05, 3.63) is 103 Å². The Bertz CT molecular complexity index is 1280. The minimum Gasteiger partial charge on any atom is -0.490 e. The van der Waals surface area contributed by atoms with E-state index < -0.39 is 0 Å². The number of carbonyl (C=O) groups excluding carboxylic acids is 1. The molecular weight excluding hydrogens is 452 g/mol. The second-order valence-electron chi connectivity index (χ2n) is 8.24. The number of piperidine rings is 1. The van der Waals surface area contributed by atoms with Crippen LogP contribution in [0, 0.1) is 11.6 Å². The summed E-state index contributed by atoms with van der Waals surface area (Å²) in [5, 5.41) is 0. The smallest absolute Gasteiger partial charge is 0.270 e. The maximum absolute atomic E-state index is 13.2. The van der Waals surface area contributed by atoms with Gasteiger partial charge in [-0.05, 0) is 66.7 Å². The Hall–Kier alpha value is -4.20. The Morgan fingerprint density at radius 3 is 2.14 bits per heavy atom. The van der Waals surface area contributed by atoms with E-state index in [2.05, 4.69) is 4.98 Å². The van der Waals surface area contributed by atoms with Gasteiger partial charge in [-0.15, -0.1) is 0 Å². The molecule has 3 heterocycles. The molecule has 0 atom stereocenters. The van der Waals surface area contributed by atoms with Crippen LogP contribution in [0.4, 0.5) is 8.78 Å². The Balaban J connectivity index is 1.21.